The molecule has 6 nitrogen and oxygen atoms in total. The zero-order chi connectivity index (χ0) is 14.8. The number of hydrogen-bond acceptors (Lipinski definition) is 4. The highest BCUT2D eigenvalue weighted by molar-refractivity contribution is 5.94. The summed E-state index contributed by atoms with van der Waals surface area (Å²) < 4.78 is 10.3. The van der Waals surface area contributed by atoms with Gasteiger partial charge >= 0.3 is 5.97 Å². The Morgan fingerprint density at radius 2 is 2.10 bits per heavy atom. The van der Waals surface area contributed by atoms with Gasteiger partial charge in [-0.3, -0.25) is 4.79 Å². The van der Waals surface area contributed by atoms with Crippen molar-refractivity contribution in [3.8, 4) is 5.75 Å². The molecule has 0 saturated carbocycles. The van der Waals surface area contributed by atoms with Crippen molar-refractivity contribution in [2.24, 2.45) is 0 Å². The van der Waals surface area contributed by atoms with Crippen molar-refractivity contribution in [1.82, 2.24) is 5.32 Å². The molecule has 0 bridgehead atoms. The first kappa shape index (κ1) is 16.0. The molecule has 0 fully saturated rings. The molecule has 0 radical (unpaired) electrons. The van der Waals surface area contributed by atoms with E-state index in [9.17, 15) is 9.59 Å². The van der Waals surface area contributed by atoms with E-state index in [1.165, 1.54) is 0 Å². The maximum absolute atomic E-state index is 11.8. The van der Waals surface area contributed by atoms with E-state index in [-0.39, 0.29) is 25.7 Å². The molecule has 0 aliphatic heterocycles. The molecule has 0 spiro atoms. The highest BCUT2D eigenvalue weighted by Gasteiger charge is 2.06. The average Bonchev–Trinajstić information content (AvgIpc) is 2.44. The van der Waals surface area contributed by atoms with Crippen LogP contribution in [0.5, 0.6) is 5.75 Å². The van der Waals surface area contributed by atoms with Crippen LogP contribution in [0.1, 0.15) is 23.7 Å². The summed E-state index contributed by atoms with van der Waals surface area (Å²) in [4.78, 5) is 22.0. The Labute approximate surface area is 117 Å². The Morgan fingerprint density at radius 1 is 1.30 bits per heavy atom. The summed E-state index contributed by atoms with van der Waals surface area (Å²) >= 11 is 0. The van der Waals surface area contributed by atoms with Crippen LogP contribution in [-0.4, -0.2) is 43.3 Å². The van der Waals surface area contributed by atoms with Crippen molar-refractivity contribution >= 4 is 11.9 Å². The summed E-state index contributed by atoms with van der Waals surface area (Å²) in [7, 11) is 0. The smallest absolute Gasteiger partial charge is 0.329 e. The van der Waals surface area contributed by atoms with Gasteiger partial charge in [0.15, 0.2) is 0 Å². The number of carbonyl (C=O) groups is 2. The summed E-state index contributed by atoms with van der Waals surface area (Å²) in [6.45, 7) is 2.66. The van der Waals surface area contributed by atoms with Crippen LogP contribution in [0.3, 0.4) is 0 Å². The minimum atomic E-state index is -1.03. The van der Waals surface area contributed by atoms with E-state index in [0.717, 1.165) is 6.42 Å². The number of carbonyl (C=O) groups excluding carboxylic acids is 1. The van der Waals surface area contributed by atoms with E-state index >= 15 is 0 Å². The predicted octanol–water partition coefficient (Wildman–Crippen LogP) is 1.31. The van der Waals surface area contributed by atoms with E-state index < -0.39 is 5.97 Å². The largest absolute Gasteiger partial charge is 0.494 e. The van der Waals surface area contributed by atoms with Gasteiger partial charge in [-0.25, -0.2) is 4.79 Å². The van der Waals surface area contributed by atoms with Crippen LogP contribution >= 0.6 is 0 Å². The summed E-state index contributed by atoms with van der Waals surface area (Å²) in [5, 5.41) is 11.0. The van der Waals surface area contributed by atoms with E-state index in [1.807, 2.05) is 6.92 Å². The van der Waals surface area contributed by atoms with Crippen LogP contribution < -0.4 is 10.1 Å². The molecule has 1 aromatic rings. The predicted molar refractivity (Wildman–Crippen MR) is 73.0 cm³/mol. The van der Waals surface area contributed by atoms with Gasteiger partial charge in [0.05, 0.1) is 13.2 Å². The zero-order valence-corrected chi connectivity index (χ0v) is 11.4. The Hall–Kier alpha value is -2.08. The third-order valence-corrected chi connectivity index (χ3v) is 2.33. The van der Waals surface area contributed by atoms with Crippen LogP contribution in [0.25, 0.3) is 0 Å². The lowest BCUT2D eigenvalue weighted by Gasteiger charge is -2.08. The van der Waals surface area contributed by atoms with Gasteiger partial charge in [0.25, 0.3) is 5.91 Å². The number of nitrogens with one attached hydrogen (secondary N) is 1. The van der Waals surface area contributed by atoms with Gasteiger partial charge in [-0.2, -0.15) is 0 Å². The Bertz CT molecular complexity index is 447. The highest BCUT2D eigenvalue weighted by atomic mass is 16.5. The molecule has 0 atom stereocenters. The molecule has 110 valence electrons. The SMILES string of the molecule is CCCOc1cccc(C(=O)NCCOCC(=O)O)c1. The number of ether oxygens (including phenoxy) is 2. The lowest BCUT2D eigenvalue weighted by molar-refractivity contribution is -0.142. The molecule has 1 rings (SSSR count). The molecular weight excluding hydrogens is 262 g/mol. The van der Waals surface area contributed by atoms with Gasteiger partial charge in [-0.15, -0.1) is 0 Å². The van der Waals surface area contributed by atoms with Crippen molar-refractivity contribution in [2.45, 2.75) is 13.3 Å². The monoisotopic (exact) mass is 281 g/mol. The van der Waals surface area contributed by atoms with Crippen molar-refractivity contribution in [3.05, 3.63) is 29.8 Å². The summed E-state index contributed by atoms with van der Waals surface area (Å²) in [6, 6.07) is 6.90. The Balaban J connectivity index is 2.37. The molecule has 0 aromatic heterocycles. The lowest BCUT2D eigenvalue weighted by Crippen LogP contribution is -2.27. The molecule has 2 N–H and O–H groups in total. The fourth-order valence-electron chi connectivity index (χ4n) is 1.45. The molecule has 0 saturated heterocycles. The fourth-order valence-corrected chi connectivity index (χ4v) is 1.45. The molecule has 0 aliphatic rings. The van der Waals surface area contributed by atoms with Gasteiger partial charge in [-0.05, 0) is 24.6 Å². The maximum atomic E-state index is 11.8. The summed E-state index contributed by atoms with van der Waals surface area (Å²) in [5.74, 6) is -0.621. The summed E-state index contributed by atoms with van der Waals surface area (Å²) in [5.41, 5.74) is 0.497. The number of hydrogen-bond donors (Lipinski definition) is 2. The van der Waals surface area contributed by atoms with Gasteiger partial charge in [0.2, 0.25) is 0 Å². The molecule has 1 amide bonds. The normalized spacial score (nSPS) is 10.1. The molecule has 0 aliphatic carbocycles. The van der Waals surface area contributed by atoms with Gasteiger partial charge in [0, 0.05) is 12.1 Å². The fraction of sp³-hybridized carbons (Fsp3) is 0.429. The Kier molecular flexibility index (Phi) is 7.13. The van der Waals surface area contributed by atoms with Gasteiger partial charge in [0.1, 0.15) is 12.4 Å². The number of aliphatic carboxylic acids is 1. The first-order chi connectivity index (χ1) is 9.63. The number of benzene rings is 1. The number of carboxylic acid groups (broad SMARTS) is 1. The maximum Gasteiger partial charge on any atom is 0.329 e. The highest BCUT2D eigenvalue weighted by Crippen LogP contribution is 2.13. The first-order valence-corrected chi connectivity index (χ1v) is 6.44. The van der Waals surface area contributed by atoms with E-state index in [2.05, 4.69) is 5.32 Å². The van der Waals surface area contributed by atoms with Crippen LogP contribution in [0.4, 0.5) is 0 Å². The second kappa shape index (κ2) is 8.92. The lowest BCUT2D eigenvalue weighted by atomic mass is 10.2. The van der Waals surface area contributed by atoms with Crippen molar-refractivity contribution < 1.29 is 24.2 Å². The van der Waals surface area contributed by atoms with Crippen molar-refractivity contribution in [3.63, 3.8) is 0 Å². The van der Waals surface area contributed by atoms with E-state index in [0.29, 0.717) is 17.9 Å². The molecule has 20 heavy (non-hydrogen) atoms. The number of rotatable bonds is 9. The van der Waals surface area contributed by atoms with Crippen molar-refractivity contribution in [1.29, 1.82) is 0 Å². The minimum absolute atomic E-state index is 0.157. The van der Waals surface area contributed by atoms with Gasteiger partial charge < -0.3 is 19.9 Å². The second-order valence-electron chi connectivity index (χ2n) is 4.08. The molecule has 0 unspecified atom stereocenters. The topological polar surface area (TPSA) is 84.9 Å². The molecule has 0 heterocycles. The molecule has 1 aromatic carbocycles. The van der Waals surface area contributed by atoms with Crippen LogP contribution in [0, 0.1) is 0 Å². The Morgan fingerprint density at radius 3 is 2.80 bits per heavy atom. The van der Waals surface area contributed by atoms with Crippen LogP contribution in [0.15, 0.2) is 24.3 Å². The zero-order valence-electron chi connectivity index (χ0n) is 11.4. The molecular formula is C14H19NO5. The third-order valence-electron chi connectivity index (χ3n) is 2.33. The molecule has 6 heteroatoms. The number of carboxylic acids is 1. The summed E-state index contributed by atoms with van der Waals surface area (Å²) in [6.07, 6.45) is 0.900. The van der Waals surface area contributed by atoms with Crippen molar-refractivity contribution in [2.75, 3.05) is 26.4 Å². The van der Waals surface area contributed by atoms with E-state index in [4.69, 9.17) is 14.6 Å². The van der Waals surface area contributed by atoms with E-state index in [1.54, 1.807) is 24.3 Å². The average molecular weight is 281 g/mol. The first-order valence-electron chi connectivity index (χ1n) is 6.44. The van der Waals surface area contributed by atoms with Crippen LogP contribution in [-0.2, 0) is 9.53 Å². The number of amides is 1. The second-order valence-corrected chi connectivity index (χ2v) is 4.08. The quantitative estimate of drug-likeness (QED) is 0.667. The van der Waals surface area contributed by atoms with Crippen LogP contribution in [0.2, 0.25) is 0 Å². The minimum Gasteiger partial charge on any atom is -0.494 e. The third kappa shape index (κ3) is 6.19. The standard InChI is InChI=1S/C14H19NO5/c1-2-7-20-12-5-3-4-11(9-12)14(18)15-6-8-19-10-13(16)17/h3-5,9H,2,6-8,10H2,1H3,(H,15,18)(H,16,17). The van der Waals surface area contributed by atoms with Gasteiger partial charge in [-0.1, -0.05) is 13.0 Å².